The number of nitrogens with one attached hydrogen (secondary N) is 1. The van der Waals surface area contributed by atoms with Gasteiger partial charge in [-0.05, 0) is 42.5 Å². The molecule has 15 nitrogen and oxygen atoms in total. The second kappa shape index (κ2) is 13.3. The van der Waals surface area contributed by atoms with E-state index in [0.717, 1.165) is 10.9 Å². The Morgan fingerprint density at radius 2 is 2.02 bits per heavy atom. The summed E-state index contributed by atoms with van der Waals surface area (Å²) in [6.07, 6.45) is 1.50. The van der Waals surface area contributed by atoms with Crippen molar-refractivity contribution >= 4 is 41.7 Å². The van der Waals surface area contributed by atoms with Gasteiger partial charge in [-0.1, -0.05) is 40.7 Å². The second-order valence-corrected chi connectivity index (χ2v) is 15.0. The third-order valence-corrected chi connectivity index (χ3v) is 8.98. The van der Waals surface area contributed by atoms with Crippen molar-refractivity contribution in [2.45, 2.75) is 71.9 Å². The third kappa shape index (κ3) is 7.99. The minimum Gasteiger partial charge on any atom is -0.479 e. The molecule has 16 heteroatoms. The summed E-state index contributed by atoms with van der Waals surface area (Å²) in [5.74, 6) is -0.548. The molecule has 0 aliphatic carbocycles. The topological polar surface area (TPSA) is 195 Å². The largest absolute Gasteiger partial charge is 0.479 e. The number of aromatic nitrogens is 5. The normalized spacial score (nSPS) is 22.0. The lowest BCUT2D eigenvalue weighted by Crippen LogP contribution is -2.42. The lowest BCUT2D eigenvalue weighted by molar-refractivity contribution is -0.149. The Bertz CT molecular complexity index is 1790. The molecule has 3 aromatic heterocycles. The Morgan fingerprint density at radius 1 is 1.26 bits per heavy atom. The number of ether oxygens (including phenoxy) is 3. The van der Waals surface area contributed by atoms with Gasteiger partial charge in [0.2, 0.25) is 11.8 Å². The number of carbonyl (C=O) groups excluding carboxylic acids is 1. The molecule has 47 heavy (non-hydrogen) atoms. The van der Waals surface area contributed by atoms with E-state index >= 15 is 0 Å². The molecule has 1 aliphatic heterocycles. The molecular weight excluding hydrogens is 629 g/mol. The molecule has 254 valence electrons. The predicted molar refractivity (Wildman–Crippen MR) is 174 cm³/mol. The Morgan fingerprint density at radius 3 is 2.72 bits per heavy atom. The molecule has 0 bridgehead atoms. The van der Waals surface area contributed by atoms with E-state index in [9.17, 15) is 14.5 Å². The monoisotopic (exact) mass is 671 g/mol. The van der Waals surface area contributed by atoms with Crippen LogP contribution < -0.4 is 20.1 Å². The van der Waals surface area contributed by atoms with Crippen molar-refractivity contribution < 1.29 is 37.7 Å². The maximum atomic E-state index is 14.5. The van der Waals surface area contributed by atoms with Crippen molar-refractivity contribution in [1.29, 1.82) is 0 Å². The Hall–Kier alpha value is -3.88. The first-order valence-corrected chi connectivity index (χ1v) is 16.8. The van der Waals surface area contributed by atoms with Crippen LogP contribution in [0, 0.1) is 11.3 Å². The van der Waals surface area contributed by atoms with Crippen LogP contribution in [0.1, 0.15) is 54.2 Å². The molecule has 5 atom stereocenters. The third-order valence-electron chi connectivity index (χ3n) is 7.44. The zero-order valence-corrected chi connectivity index (χ0v) is 28.4. The van der Waals surface area contributed by atoms with E-state index in [1.807, 2.05) is 26.8 Å². The first-order valence-electron chi connectivity index (χ1n) is 15.2. The van der Waals surface area contributed by atoms with Gasteiger partial charge in [0.1, 0.15) is 17.4 Å². The number of esters is 1. The van der Waals surface area contributed by atoms with E-state index in [-0.39, 0.29) is 48.5 Å². The van der Waals surface area contributed by atoms with E-state index in [2.05, 4.69) is 25.0 Å². The fourth-order valence-electron chi connectivity index (χ4n) is 5.16. The van der Waals surface area contributed by atoms with Crippen molar-refractivity contribution in [2.24, 2.45) is 11.3 Å². The summed E-state index contributed by atoms with van der Waals surface area (Å²) in [4.78, 5) is 30.2. The van der Waals surface area contributed by atoms with Crippen LogP contribution in [0.15, 0.2) is 42.9 Å². The Labute approximate surface area is 272 Å². The van der Waals surface area contributed by atoms with Crippen LogP contribution in [0.2, 0.25) is 0 Å². The summed E-state index contributed by atoms with van der Waals surface area (Å²) < 4.78 is 45.1. The van der Waals surface area contributed by atoms with Crippen molar-refractivity contribution in [1.82, 2.24) is 29.6 Å². The van der Waals surface area contributed by atoms with Gasteiger partial charge in [-0.2, -0.15) is 15.1 Å². The molecule has 4 N–H and O–H groups in total. The van der Waals surface area contributed by atoms with Crippen LogP contribution >= 0.6 is 7.75 Å². The molecule has 4 heterocycles. The van der Waals surface area contributed by atoms with Crippen molar-refractivity contribution in [2.75, 3.05) is 26.1 Å². The minimum absolute atomic E-state index is 0.0389. The highest BCUT2D eigenvalue weighted by molar-refractivity contribution is 7.52. The molecule has 1 saturated heterocycles. The van der Waals surface area contributed by atoms with Crippen molar-refractivity contribution in [3.05, 3.63) is 42.9 Å². The molecule has 2 unspecified atom stereocenters. The second-order valence-electron chi connectivity index (χ2n) is 13.3. The molecule has 0 saturated carbocycles. The number of pyridine rings is 1. The number of imidazole rings is 1. The summed E-state index contributed by atoms with van der Waals surface area (Å²) in [6.45, 7) is 10.9. The van der Waals surface area contributed by atoms with Crippen LogP contribution in [-0.2, 0) is 23.4 Å². The number of carbonyl (C=O) groups is 1. The molecule has 1 aliphatic rings. The predicted octanol–water partition coefficient (Wildman–Crippen LogP) is 4.41. The maximum Gasteiger partial charge on any atom is 0.459 e. The van der Waals surface area contributed by atoms with E-state index < -0.39 is 37.7 Å². The Balaban J connectivity index is 1.39. The van der Waals surface area contributed by atoms with Crippen LogP contribution in [0.25, 0.3) is 22.1 Å². The highest BCUT2D eigenvalue weighted by Crippen LogP contribution is 2.48. The fraction of sp³-hybridized carbons (Fsp3) is 0.516. The molecule has 0 amide bonds. The van der Waals surface area contributed by atoms with E-state index in [0.29, 0.717) is 11.2 Å². The van der Waals surface area contributed by atoms with Crippen molar-refractivity contribution in [3.8, 4) is 11.6 Å². The van der Waals surface area contributed by atoms with Crippen molar-refractivity contribution in [3.63, 3.8) is 0 Å². The molecule has 1 fully saturated rings. The van der Waals surface area contributed by atoms with Gasteiger partial charge in [-0.3, -0.25) is 18.9 Å². The minimum atomic E-state index is -4.28. The maximum absolute atomic E-state index is 14.5. The zero-order chi connectivity index (χ0) is 34.1. The molecule has 4 aromatic rings. The van der Waals surface area contributed by atoms with E-state index in [1.54, 1.807) is 51.2 Å². The molecule has 0 radical (unpaired) electrons. The molecule has 0 spiro atoms. The number of anilines is 1. The number of rotatable bonds is 12. The van der Waals surface area contributed by atoms with Gasteiger partial charge in [0.25, 0.3) is 0 Å². The number of methoxy groups -OCH3 is 1. The lowest BCUT2D eigenvalue weighted by atomic mass is 9.98. The van der Waals surface area contributed by atoms with Gasteiger partial charge < -0.3 is 29.6 Å². The SMILES string of the molecule is COc1nc(N)nc2c1ncn2C1O[C@H](COP(=O)(N[C@H](C(=O)OCC(C)(C)C)C(C)C)Oc2ccc3ncccc3c2)C[C@@]1(C)O. The van der Waals surface area contributed by atoms with E-state index in [4.69, 9.17) is 29.0 Å². The Kier molecular flexibility index (Phi) is 9.76. The summed E-state index contributed by atoms with van der Waals surface area (Å²) in [7, 11) is -2.85. The first-order chi connectivity index (χ1) is 22.1. The van der Waals surface area contributed by atoms with Gasteiger partial charge in [0.15, 0.2) is 17.4 Å². The molecule has 1 aromatic carbocycles. The number of benzene rings is 1. The lowest BCUT2D eigenvalue weighted by Gasteiger charge is -2.28. The number of hydrogen-bond acceptors (Lipinski definition) is 13. The smallest absolute Gasteiger partial charge is 0.459 e. The number of aliphatic hydroxyl groups is 1. The van der Waals surface area contributed by atoms with Crippen LogP contribution in [-0.4, -0.2) is 73.6 Å². The van der Waals surface area contributed by atoms with Gasteiger partial charge in [-0.25, -0.2) is 9.55 Å². The molecular formula is C31H42N7O8P. The summed E-state index contributed by atoms with van der Waals surface area (Å²) in [6, 6.07) is 7.63. The van der Waals surface area contributed by atoms with Gasteiger partial charge in [0, 0.05) is 18.0 Å². The van der Waals surface area contributed by atoms with Gasteiger partial charge >= 0.3 is 13.7 Å². The van der Waals surface area contributed by atoms with Gasteiger partial charge in [0.05, 0.1) is 38.3 Å². The summed E-state index contributed by atoms with van der Waals surface area (Å²) in [5, 5.41) is 15.0. The quantitative estimate of drug-likeness (QED) is 0.141. The number of hydrogen-bond donors (Lipinski definition) is 3. The van der Waals surface area contributed by atoms with Gasteiger partial charge in [-0.15, -0.1) is 0 Å². The fourth-order valence-corrected chi connectivity index (χ4v) is 6.84. The number of nitrogen functional groups attached to an aromatic ring is 1. The summed E-state index contributed by atoms with van der Waals surface area (Å²) in [5.41, 5.74) is 5.55. The highest BCUT2D eigenvalue weighted by atomic mass is 31.2. The summed E-state index contributed by atoms with van der Waals surface area (Å²) >= 11 is 0. The molecule has 5 rings (SSSR count). The average Bonchev–Trinajstić information content (AvgIpc) is 3.55. The van der Waals surface area contributed by atoms with E-state index in [1.165, 1.54) is 18.0 Å². The highest BCUT2D eigenvalue weighted by Gasteiger charge is 2.47. The van der Waals surface area contributed by atoms with Crippen LogP contribution in [0.3, 0.4) is 0 Å². The number of nitrogens with zero attached hydrogens (tertiary/aromatic N) is 5. The van der Waals surface area contributed by atoms with Crippen LogP contribution in [0.4, 0.5) is 5.95 Å². The number of fused-ring (bicyclic) bond motifs is 2. The number of nitrogens with two attached hydrogens (primary N) is 1. The van der Waals surface area contributed by atoms with Crippen LogP contribution in [0.5, 0.6) is 11.6 Å². The zero-order valence-electron chi connectivity index (χ0n) is 27.5. The standard InChI is InChI=1S/C31H42N7O8P/c1-18(2)23(27(39)43-16-30(3,4)5)37-47(41,46-20-10-11-22-19(13-20)9-8-12-33-22)44-15-21-14-31(6,40)28(45-21)38-17-34-24-25(38)35-29(32)36-26(24)42-7/h8-13,17-18,21,23,28,40H,14-16H2,1-7H3,(H,37,41)(H2,32,35,36)/t21-,23-,28?,31+,47?/m0/s1. The first kappa shape index (κ1) is 34.5. The average molecular weight is 672 g/mol.